The van der Waals surface area contributed by atoms with Crippen molar-refractivity contribution in [2.75, 3.05) is 19.8 Å². The molecule has 1 N–H and O–H groups in total. The van der Waals surface area contributed by atoms with Crippen LogP contribution in [-0.4, -0.2) is 37.5 Å². The summed E-state index contributed by atoms with van der Waals surface area (Å²) in [5.41, 5.74) is 5.31. The molecule has 1 heterocycles. The van der Waals surface area contributed by atoms with Crippen LogP contribution in [0.25, 0.3) is 0 Å². The maximum absolute atomic E-state index is 11.9. The molecule has 2 aromatic rings. The van der Waals surface area contributed by atoms with Gasteiger partial charge in [0.15, 0.2) is 0 Å². The first-order chi connectivity index (χ1) is 14.1. The lowest BCUT2D eigenvalue weighted by Crippen LogP contribution is -2.44. The summed E-state index contributed by atoms with van der Waals surface area (Å²) in [4.78, 5) is 17.7. The molecule has 0 unspecified atom stereocenters. The Hall–Kier alpha value is -2.37. The standard InChI is InChI=1S/C24H30N2O3.ClH/c1-4-28-24(27)19-13-14-20(25-15-19)16-29-26-23(21-11-7-5-9-17(21)2)22-12-8-6-10-18(22)3;/h5-12,19-20,25H,4,13-16H2,1-3H3;1H/t19-,20-;/m1./s1. The highest BCUT2D eigenvalue weighted by Gasteiger charge is 2.27. The van der Waals surface area contributed by atoms with Gasteiger partial charge in [0, 0.05) is 23.7 Å². The number of hydrogen-bond acceptors (Lipinski definition) is 5. The fourth-order valence-corrected chi connectivity index (χ4v) is 3.63. The number of ether oxygens (including phenoxy) is 1. The largest absolute Gasteiger partial charge is 0.466 e. The molecule has 2 aromatic carbocycles. The van der Waals surface area contributed by atoms with E-state index in [-0.39, 0.29) is 30.3 Å². The van der Waals surface area contributed by atoms with Crippen molar-refractivity contribution in [3.05, 3.63) is 70.8 Å². The molecule has 0 saturated carbocycles. The summed E-state index contributed by atoms with van der Waals surface area (Å²) < 4.78 is 5.12. The number of oxime groups is 1. The second-order valence-corrected chi connectivity index (χ2v) is 7.50. The van der Waals surface area contributed by atoms with E-state index >= 15 is 0 Å². The van der Waals surface area contributed by atoms with Crippen molar-refractivity contribution in [2.45, 2.75) is 39.7 Å². The van der Waals surface area contributed by atoms with Crippen molar-refractivity contribution in [2.24, 2.45) is 11.1 Å². The number of nitrogens with one attached hydrogen (secondary N) is 1. The molecule has 5 nitrogen and oxygen atoms in total. The zero-order valence-electron chi connectivity index (χ0n) is 17.9. The first-order valence-electron chi connectivity index (χ1n) is 10.3. The fourth-order valence-electron chi connectivity index (χ4n) is 3.63. The van der Waals surface area contributed by atoms with Gasteiger partial charge in [-0.3, -0.25) is 4.79 Å². The quantitative estimate of drug-likeness (QED) is 0.401. The van der Waals surface area contributed by atoms with E-state index in [2.05, 4.69) is 48.6 Å². The molecule has 0 aromatic heterocycles. The van der Waals surface area contributed by atoms with Crippen molar-refractivity contribution < 1.29 is 14.4 Å². The Labute approximate surface area is 185 Å². The maximum atomic E-state index is 11.9. The van der Waals surface area contributed by atoms with Crippen molar-refractivity contribution in [1.82, 2.24) is 5.32 Å². The van der Waals surface area contributed by atoms with Crippen LogP contribution in [0.4, 0.5) is 0 Å². The Bertz CT molecular complexity index is 814. The third kappa shape index (κ3) is 6.07. The summed E-state index contributed by atoms with van der Waals surface area (Å²) in [6, 6.07) is 16.6. The molecule has 0 amide bonds. The molecule has 1 aliphatic heterocycles. The molecule has 162 valence electrons. The van der Waals surface area contributed by atoms with E-state index in [0.717, 1.165) is 40.8 Å². The minimum absolute atomic E-state index is 0. The lowest BCUT2D eigenvalue weighted by atomic mass is 9.95. The molecule has 1 saturated heterocycles. The predicted octanol–water partition coefficient (Wildman–Crippen LogP) is 4.43. The van der Waals surface area contributed by atoms with Gasteiger partial charge in [-0.15, -0.1) is 12.4 Å². The molecule has 2 atom stereocenters. The summed E-state index contributed by atoms with van der Waals surface area (Å²) in [7, 11) is 0. The van der Waals surface area contributed by atoms with Crippen LogP contribution < -0.4 is 5.32 Å². The molecule has 0 aliphatic carbocycles. The smallest absolute Gasteiger partial charge is 0.310 e. The molecule has 0 radical (unpaired) electrons. The summed E-state index contributed by atoms with van der Waals surface area (Å²) in [6.45, 7) is 7.53. The first-order valence-corrected chi connectivity index (χ1v) is 10.3. The number of carbonyl (C=O) groups is 1. The normalized spacial score (nSPS) is 18.1. The maximum Gasteiger partial charge on any atom is 0.310 e. The number of esters is 1. The average molecular weight is 431 g/mol. The van der Waals surface area contributed by atoms with E-state index < -0.39 is 0 Å². The van der Waals surface area contributed by atoms with Gasteiger partial charge < -0.3 is 14.9 Å². The third-order valence-electron chi connectivity index (χ3n) is 5.37. The van der Waals surface area contributed by atoms with Crippen LogP contribution in [0.15, 0.2) is 53.7 Å². The summed E-state index contributed by atoms with van der Waals surface area (Å²) in [5, 5.41) is 7.94. The number of nitrogens with zero attached hydrogens (tertiary/aromatic N) is 1. The van der Waals surface area contributed by atoms with Gasteiger partial charge in [-0.05, 0) is 44.7 Å². The Morgan fingerprint density at radius 1 is 1.03 bits per heavy atom. The monoisotopic (exact) mass is 430 g/mol. The topological polar surface area (TPSA) is 59.9 Å². The number of rotatable bonds is 7. The van der Waals surface area contributed by atoms with Gasteiger partial charge >= 0.3 is 5.97 Å². The van der Waals surface area contributed by atoms with E-state index in [1.165, 1.54) is 0 Å². The van der Waals surface area contributed by atoms with Crippen LogP contribution in [-0.2, 0) is 14.4 Å². The van der Waals surface area contributed by atoms with Crippen LogP contribution >= 0.6 is 12.4 Å². The van der Waals surface area contributed by atoms with Crippen LogP contribution in [0.1, 0.15) is 42.0 Å². The van der Waals surface area contributed by atoms with Gasteiger partial charge in [0.2, 0.25) is 0 Å². The highest BCUT2D eigenvalue weighted by atomic mass is 35.5. The Morgan fingerprint density at radius 2 is 1.63 bits per heavy atom. The highest BCUT2D eigenvalue weighted by molar-refractivity contribution is 6.14. The Kier molecular flexibility index (Phi) is 9.34. The molecular weight excluding hydrogens is 400 g/mol. The summed E-state index contributed by atoms with van der Waals surface area (Å²) >= 11 is 0. The van der Waals surface area contributed by atoms with Gasteiger partial charge in [-0.25, -0.2) is 0 Å². The van der Waals surface area contributed by atoms with Gasteiger partial charge in [0.25, 0.3) is 0 Å². The van der Waals surface area contributed by atoms with Crippen molar-refractivity contribution in [3.8, 4) is 0 Å². The number of piperidine rings is 1. The van der Waals surface area contributed by atoms with E-state index in [1.54, 1.807) is 0 Å². The third-order valence-corrected chi connectivity index (χ3v) is 5.37. The Morgan fingerprint density at radius 3 is 2.13 bits per heavy atom. The minimum atomic E-state index is -0.112. The second kappa shape index (κ2) is 11.7. The zero-order chi connectivity index (χ0) is 20.6. The van der Waals surface area contributed by atoms with E-state index in [1.807, 2.05) is 31.2 Å². The molecule has 0 spiro atoms. The predicted molar refractivity (Wildman–Crippen MR) is 122 cm³/mol. The molecule has 3 rings (SSSR count). The van der Waals surface area contributed by atoms with E-state index in [4.69, 9.17) is 9.57 Å². The van der Waals surface area contributed by atoms with Gasteiger partial charge in [-0.2, -0.15) is 0 Å². The van der Waals surface area contributed by atoms with Crippen molar-refractivity contribution in [3.63, 3.8) is 0 Å². The Balaban J connectivity index is 0.00000320. The molecule has 1 aliphatic rings. The number of carbonyl (C=O) groups excluding carboxylic acids is 1. The lowest BCUT2D eigenvalue weighted by Gasteiger charge is -2.27. The lowest BCUT2D eigenvalue weighted by molar-refractivity contribution is -0.148. The zero-order valence-corrected chi connectivity index (χ0v) is 18.7. The van der Waals surface area contributed by atoms with Crippen molar-refractivity contribution >= 4 is 24.1 Å². The number of halogens is 1. The number of hydrogen-bond donors (Lipinski definition) is 1. The highest BCUT2D eigenvalue weighted by Crippen LogP contribution is 2.19. The van der Waals surface area contributed by atoms with Crippen LogP contribution in [0, 0.1) is 19.8 Å². The number of aryl methyl sites for hydroxylation is 2. The van der Waals surface area contributed by atoms with E-state index in [9.17, 15) is 4.79 Å². The van der Waals surface area contributed by atoms with Crippen LogP contribution in [0.2, 0.25) is 0 Å². The molecule has 0 bridgehead atoms. The first kappa shape index (κ1) is 23.9. The van der Waals surface area contributed by atoms with Crippen LogP contribution in [0.5, 0.6) is 0 Å². The van der Waals surface area contributed by atoms with Gasteiger partial charge in [-0.1, -0.05) is 53.7 Å². The molecule has 1 fully saturated rings. The molecule has 30 heavy (non-hydrogen) atoms. The fraction of sp³-hybridized carbons (Fsp3) is 0.417. The van der Waals surface area contributed by atoms with E-state index in [0.29, 0.717) is 19.8 Å². The minimum Gasteiger partial charge on any atom is -0.466 e. The average Bonchev–Trinajstić information content (AvgIpc) is 2.73. The molecular formula is C24H31ClN2O3. The number of benzene rings is 2. The van der Waals surface area contributed by atoms with Crippen molar-refractivity contribution in [1.29, 1.82) is 0 Å². The van der Waals surface area contributed by atoms with Gasteiger partial charge in [0.1, 0.15) is 12.3 Å². The van der Waals surface area contributed by atoms with Crippen LogP contribution in [0.3, 0.4) is 0 Å². The van der Waals surface area contributed by atoms with Gasteiger partial charge in [0.05, 0.1) is 12.5 Å². The SMILES string of the molecule is CCOC(=O)[C@@H]1CC[C@H](CON=C(c2ccccc2C)c2ccccc2C)NC1.Cl. The second-order valence-electron chi connectivity index (χ2n) is 7.50. The summed E-state index contributed by atoms with van der Waals surface area (Å²) in [6.07, 6.45) is 1.68. The molecule has 6 heteroatoms. The summed E-state index contributed by atoms with van der Waals surface area (Å²) in [5.74, 6) is -0.178.